The first-order valence-corrected chi connectivity index (χ1v) is 7.50. The highest BCUT2D eigenvalue weighted by atomic mass is 32.1. The third kappa shape index (κ3) is 2.96. The largest absolute Gasteiger partial charge is 0.384 e. The number of rotatable bonds is 5. The van der Waals surface area contributed by atoms with Crippen molar-refractivity contribution in [2.75, 3.05) is 24.8 Å². The molecule has 2 heterocycles. The third-order valence-corrected chi connectivity index (χ3v) is 3.99. The number of para-hydroxylation sites is 1. The van der Waals surface area contributed by atoms with Gasteiger partial charge in [0, 0.05) is 12.8 Å². The Morgan fingerprint density at radius 3 is 2.95 bits per heavy atom. The second kappa shape index (κ2) is 6.07. The van der Waals surface area contributed by atoms with Crippen molar-refractivity contribution in [2.24, 2.45) is 0 Å². The number of aromatic nitrogens is 2. The fourth-order valence-corrected chi connectivity index (χ4v) is 2.94. The summed E-state index contributed by atoms with van der Waals surface area (Å²) in [5.41, 5.74) is 7.97. The van der Waals surface area contributed by atoms with Crippen molar-refractivity contribution in [3.8, 4) is 0 Å². The van der Waals surface area contributed by atoms with Crippen LogP contribution in [-0.2, 0) is 11.2 Å². The molecule has 0 amide bonds. The molecule has 0 aliphatic rings. The fraction of sp³-hybridized carbons (Fsp3) is 0.200. The monoisotopic (exact) mass is 300 g/mol. The van der Waals surface area contributed by atoms with Gasteiger partial charge in [-0.15, -0.1) is 11.3 Å². The quantitative estimate of drug-likeness (QED) is 0.757. The molecule has 0 aliphatic carbocycles. The normalized spacial score (nSPS) is 10.9. The van der Waals surface area contributed by atoms with Crippen molar-refractivity contribution in [2.45, 2.75) is 6.42 Å². The lowest BCUT2D eigenvalue weighted by molar-refractivity contribution is 0.202. The second-order valence-corrected chi connectivity index (χ2v) is 5.49. The molecule has 2 aromatic heterocycles. The summed E-state index contributed by atoms with van der Waals surface area (Å²) in [6.07, 6.45) is 0.840. The average molecular weight is 300 g/mol. The third-order valence-electron chi connectivity index (χ3n) is 3.19. The Hall–Kier alpha value is -2.18. The topological polar surface area (TPSA) is 73.1 Å². The molecule has 0 saturated heterocycles. The van der Waals surface area contributed by atoms with Crippen molar-refractivity contribution in [1.29, 1.82) is 0 Å². The van der Waals surface area contributed by atoms with Crippen LogP contribution in [0.2, 0.25) is 0 Å². The Kier molecular flexibility index (Phi) is 3.98. The highest BCUT2D eigenvalue weighted by Crippen LogP contribution is 2.29. The molecule has 0 saturated carbocycles. The SMILES string of the molecule is COCCc1ccccc1Nc1nc(N)nc2sccc12. The van der Waals surface area contributed by atoms with E-state index in [0.717, 1.165) is 28.1 Å². The lowest BCUT2D eigenvalue weighted by Crippen LogP contribution is -2.03. The van der Waals surface area contributed by atoms with Gasteiger partial charge in [0.15, 0.2) is 0 Å². The van der Waals surface area contributed by atoms with Gasteiger partial charge in [-0.25, -0.2) is 4.98 Å². The first-order chi connectivity index (χ1) is 10.3. The first-order valence-electron chi connectivity index (χ1n) is 6.62. The molecule has 0 aliphatic heterocycles. The summed E-state index contributed by atoms with van der Waals surface area (Å²) in [5.74, 6) is 1.02. The summed E-state index contributed by atoms with van der Waals surface area (Å²) in [7, 11) is 1.70. The van der Waals surface area contributed by atoms with E-state index in [1.807, 2.05) is 29.6 Å². The molecule has 0 bridgehead atoms. The molecule has 3 aromatic rings. The number of anilines is 3. The van der Waals surface area contributed by atoms with Gasteiger partial charge in [0.25, 0.3) is 0 Å². The van der Waals surface area contributed by atoms with E-state index in [2.05, 4.69) is 21.4 Å². The van der Waals surface area contributed by atoms with Crippen LogP contribution in [0.5, 0.6) is 0 Å². The van der Waals surface area contributed by atoms with Crippen LogP contribution in [0.3, 0.4) is 0 Å². The standard InChI is InChI=1S/C15H16N4OS/c1-20-8-6-10-4-2-3-5-12(10)17-13-11-7-9-21-14(11)19-15(16)18-13/h2-5,7,9H,6,8H2,1H3,(H3,16,17,18,19). The summed E-state index contributed by atoms with van der Waals surface area (Å²) in [5, 5.41) is 6.34. The van der Waals surface area contributed by atoms with Crippen molar-refractivity contribution in [3.63, 3.8) is 0 Å². The van der Waals surface area contributed by atoms with E-state index in [-0.39, 0.29) is 5.95 Å². The van der Waals surface area contributed by atoms with Crippen LogP contribution < -0.4 is 11.1 Å². The number of methoxy groups -OCH3 is 1. The molecule has 5 nitrogen and oxygen atoms in total. The zero-order valence-corrected chi connectivity index (χ0v) is 12.5. The number of fused-ring (bicyclic) bond motifs is 1. The van der Waals surface area contributed by atoms with Gasteiger partial charge in [-0.2, -0.15) is 4.98 Å². The van der Waals surface area contributed by atoms with Gasteiger partial charge in [0.2, 0.25) is 5.95 Å². The van der Waals surface area contributed by atoms with Crippen LogP contribution in [0, 0.1) is 0 Å². The summed E-state index contributed by atoms with van der Waals surface area (Å²) in [6, 6.07) is 10.1. The maximum absolute atomic E-state index is 5.78. The molecular formula is C15H16N4OS. The van der Waals surface area contributed by atoms with Crippen LogP contribution in [0.15, 0.2) is 35.7 Å². The predicted octanol–water partition coefficient (Wildman–Crippen LogP) is 3.21. The summed E-state index contributed by atoms with van der Waals surface area (Å²) < 4.78 is 5.16. The van der Waals surface area contributed by atoms with E-state index in [1.165, 1.54) is 5.56 Å². The van der Waals surface area contributed by atoms with Gasteiger partial charge in [0.1, 0.15) is 10.6 Å². The summed E-state index contributed by atoms with van der Waals surface area (Å²) >= 11 is 1.55. The number of nitrogens with two attached hydrogens (primary N) is 1. The molecule has 0 spiro atoms. The number of hydrogen-bond acceptors (Lipinski definition) is 6. The number of thiophene rings is 1. The zero-order chi connectivity index (χ0) is 14.7. The Morgan fingerprint density at radius 2 is 2.10 bits per heavy atom. The van der Waals surface area contributed by atoms with Crippen LogP contribution in [-0.4, -0.2) is 23.7 Å². The number of nitrogen functional groups attached to an aromatic ring is 1. The van der Waals surface area contributed by atoms with E-state index in [9.17, 15) is 0 Å². The van der Waals surface area contributed by atoms with E-state index in [1.54, 1.807) is 18.4 Å². The maximum atomic E-state index is 5.78. The van der Waals surface area contributed by atoms with Gasteiger partial charge in [-0.1, -0.05) is 18.2 Å². The first kappa shape index (κ1) is 13.8. The molecule has 3 rings (SSSR count). The van der Waals surface area contributed by atoms with E-state index in [0.29, 0.717) is 6.61 Å². The Bertz CT molecular complexity index is 756. The van der Waals surface area contributed by atoms with Crippen molar-refractivity contribution in [3.05, 3.63) is 41.3 Å². The number of nitrogens with one attached hydrogen (secondary N) is 1. The van der Waals surface area contributed by atoms with Crippen LogP contribution >= 0.6 is 11.3 Å². The van der Waals surface area contributed by atoms with E-state index < -0.39 is 0 Å². The summed E-state index contributed by atoms with van der Waals surface area (Å²) in [6.45, 7) is 0.679. The lowest BCUT2D eigenvalue weighted by Gasteiger charge is -2.12. The van der Waals surface area contributed by atoms with Crippen molar-refractivity contribution >= 4 is 39.0 Å². The fourth-order valence-electron chi connectivity index (χ4n) is 2.17. The number of ether oxygens (including phenoxy) is 1. The number of hydrogen-bond donors (Lipinski definition) is 2. The van der Waals surface area contributed by atoms with Crippen molar-refractivity contribution < 1.29 is 4.74 Å². The van der Waals surface area contributed by atoms with Gasteiger partial charge < -0.3 is 15.8 Å². The van der Waals surface area contributed by atoms with Crippen LogP contribution in [0.1, 0.15) is 5.56 Å². The Morgan fingerprint density at radius 1 is 1.24 bits per heavy atom. The highest BCUT2D eigenvalue weighted by Gasteiger charge is 2.09. The molecule has 6 heteroatoms. The highest BCUT2D eigenvalue weighted by molar-refractivity contribution is 7.16. The molecule has 0 radical (unpaired) electrons. The van der Waals surface area contributed by atoms with Gasteiger partial charge in [-0.3, -0.25) is 0 Å². The molecule has 0 fully saturated rings. The van der Waals surface area contributed by atoms with Gasteiger partial charge >= 0.3 is 0 Å². The molecule has 3 N–H and O–H groups in total. The predicted molar refractivity (Wildman–Crippen MR) is 87.1 cm³/mol. The number of nitrogens with zero attached hydrogens (tertiary/aromatic N) is 2. The molecule has 0 atom stereocenters. The van der Waals surface area contributed by atoms with Crippen LogP contribution in [0.4, 0.5) is 17.5 Å². The van der Waals surface area contributed by atoms with Crippen molar-refractivity contribution in [1.82, 2.24) is 9.97 Å². The zero-order valence-electron chi connectivity index (χ0n) is 11.7. The smallest absolute Gasteiger partial charge is 0.223 e. The minimum Gasteiger partial charge on any atom is -0.384 e. The van der Waals surface area contributed by atoms with Crippen LogP contribution in [0.25, 0.3) is 10.2 Å². The van der Waals surface area contributed by atoms with E-state index in [4.69, 9.17) is 10.5 Å². The lowest BCUT2D eigenvalue weighted by atomic mass is 10.1. The van der Waals surface area contributed by atoms with E-state index >= 15 is 0 Å². The molecule has 0 unspecified atom stereocenters. The summed E-state index contributed by atoms with van der Waals surface area (Å²) in [4.78, 5) is 9.44. The molecular weight excluding hydrogens is 284 g/mol. The van der Waals surface area contributed by atoms with Gasteiger partial charge in [0.05, 0.1) is 12.0 Å². The minimum absolute atomic E-state index is 0.279. The number of benzene rings is 1. The average Bonchev–Trinajstić information content (AvgIpc) is 2.94. The minimum atomic E-state index is 0.279. The molecule has 21 heavy (non-hydrogen) atoms. The van der Waals surface area contributed by atoms with Gasteiger partial charge in [-0.05, 0) is 29.5 Å². The molecule has 108 valence electrons. The molecule has 1 aromatic carbocycles. The maximum Gasteiger partial charge on any atom is 0.223 e. The Balaban J connectivity index is 1.97. The second-order valence-electron chi connectivity index (χ2n) is 4.59. The Labute approximate surface area is 126 Å².